The first-order valence-electron chi connectivity index (χ1n) is 15.8. The Labute approximate surface area is 271 Å². The van der Waals surface area contributed by atoms with Gasteiger partial charge in [0.05, 0.1) is 11.0 Å². The van der Waals surface area contributed by atoms with Gasteiger partial charge >= 0.3 is 0 Å². The summed E-state index contributed by atoms with van der Waals surface area (Å²) in [4.78, 5) is 2.65. The second-order valence-corrected chi connectivity index (χ2v) is 13.2. The van der Waals surface area contributed by atoms with E-state index in [1.807, 2.05) is 11.8 Å². The van der Waals surface area contributed by atoms with Crippen molar-refractivity contribution in [2.75, 3.05) is 0 Å². The molecule has 9 aromatic rings. The van der Waals surface area contributed by atoms with Crippen LogP contribution in [0.5, 0.6) is 0 Å². The van der Waals surface area contributed by atoms with Crippen LogP contribution in [0.4, 0.5) is 0 Å². The molecule has 0 saturated heterocycles. The monoisotopic (exact) mass is 601 g/mol. The molecule has 0 fully saturated rings. The van der Waals surface area contributed by atoms with Gasteiger partial charge in [-0.25, -0.2) is 0 Å². The number of hydrogen-bond donors (Lipinski definition) is 0. The average molecular weight is 602 g/mol. The van der Waals surface area contributed by atoms with Gasteiger partial charge < -0.3 is 4.57 Å². The normalized spacial score (nSPS) is 12.3. The Bertz CT molecular complexity index is 2660. The van der Waals surface area contributed by atoms with Gasteiger partial charge in [0.2, 0.25) is 0 Å². The third-order valence-corrected chi connectivity index (χ3v) is 10.7. The molecule has 0 unspecified atom stereocenters. The van der Waals surface area contributed by atoms with Crippen LogP contribution in [0.2, 0.25) is 0 Å². The second kappa shape index (κ2) is 9.97. The minimum Gasteiger partial charge on any atom is -0.309 e. The minimum atomic E-state index is 1.17. The fourth-order valence-electron chi connectivity index (χ4n) is 7.58. The lowest BCUT2D eigenvalue weighted by molar-refractivity contribution is 1.18. The molecule has 0 radical (unpaired) electrons. The van der Waals surface area contributed by atoms with Gasteiger partial charge in [-0.15, -0.1) is 0 Å². The van der Waals surface area contributed by atoms with E-state index in [0.717, 1.165) is 0 Å². The van der Waals surface area contributed by atoms with Crippen molar-refractivity contribution in [3.63, 3.8) is 0 Å². The molecule has 10 rings (SSSR count). The first-order chi connectivity index (χ1) is 22.8. The van der Waals surface area contributed by atoms with Crippen LogP contribution in [0.15, 0.2) is 174 Å². The van der Waals surface area contributed by atoms with Crippen molar-refractivity contribution in [3.05, 3.63) is 164 Å². The molecule has 1 aliphatic heterocycles. The Morgan fingerprint density at radius 3 is 1.83 bits per heavy atom. The SMILES string of the molecule is c1ccc(-n2c3cc4ccccc4cc3c3cccc(-c4ccccc4-c4ccc5c6c(cccc46)-c4ccccc4S5)c32)cc1. The lowest BCUT2D eigenvalue weighted by atomic mass is 9.88. The standard InChI is InChI=1S/C44H27NS/c1-2-14-30(15-3-1)45-40-27-29-13-5-4-12-28(29)26-39(40)38-22-11-21-37(44(38)45)32-17-7-6-16-31(32)33-24-25-42-43-35(33)19-10-20-36(43)34-18-8-9-23-41(34)46-42/h1-27H. The van der Waals surface area contributed by atoms with E-state index in [2.05, 4.69) is 168 Å². The number of hydrogen-bond acceptors (Lipinski definition) is 1. The molecule has 0 spiro atoms. The predicted molar refractivity (Wildman–Crippen MR) is 196 cm³/mol. The zero-order chi connectivity index (χ0) is 30.2. The van der Waals surface area contributed by atoms with E-state index >= 15 is 0 Å². The number of rotatable bonds is 3. The molecule has 0 bridgehead atoms. The van der Waals surface area contributed by atoms with E-state index in [4.69, 9.17) is 0 Å². The number of benzene rings is 8. The van der Waals surface area contributed by atoms with Gasteiger partial charge in [0.15, 0.2) is 0 Å². The van der Waals surface area contributed by atoms with Gasteiger partial charge in [0.25, 0.3) is 0 Å². The van der Waals surface area contributed by atoms with Gasteiger partial charge in [-0.1, -0.05) is 139 Å². The van der Waals surface area contributed by atoms with E-state index in [1.165, 1.54) is 92.2 Å². The van der Waals surface area contributed by atoms with Crippen LogP contribution in [-0.4, -0.2) is 4.57 Å². The molecule has 2 heterocycles. The van der Waals surface area contributed by atoms with Gasteiger partial charge in [0.1, 0.15) is 0 Å². The summed E-state index contributed by atoms with van der Waals surface area (Å²) in [6, 6.07) is 60.2. The number of para-hydroxylation sites is 2. The molecule has 1 aromatic heterocycles. The molecule has 8 aromatic carbocycles. The molecule has 0 N–H and O–H groups in total. The first-order valence-corrected chi connectivity index (χ1v) is 16.6. The van der Waals surface area contributed by atoms with E-state index in [1.54, 1.807) is 0 Å². The summed E-state index contributed by atoms with van der Waals surface area (Å²) in [7, 11) is 0. The van der Waals surface area contributed by atoms with Gasteiger partial charge in [0, 0.05) is 37.2 Å². The Balaban J connectivity index is 1.29. The maximum atomic E-state index is 2.47. The van der Waals surface area contributed by atoms with Crippen molar-refractivity contribution in [1.29, 1.82) is 0 Å². The van der Waals surface area contributed by atoms with Crippen molar-refractivity contribution in [2.24, 2.45) is 0 Å². The first kappa shape index (κ1) is 25.7. The van der Waals surface area contributed by atoms with Crippen molar-refractivity contribution in [2.45, 2.75) is 9.79 Å². The molecule has 1 aliphatic rings. The van der Waals surface area contributed by atoms with Crippen LogP contribution < -0.4 is 0 Å². The molecule has 2 heteroatoms. The second-order valence-electron chi connectivity index (χ2n) is 12.1. The number of fused-ring (bicyclic) bond motifs is 6. The maximum Gasteiger partial charge on any atom is 0.0619 e. The lowest BCUT2D eigenvalue weighted by Gasteiger charge is -2.22. The molecule has 214 valence electrons. The molecule has 0 atom stereocenters. The molecule has 0 saturated carbocycles. The summed E-state index contributed by atoms with van der Waals surface area (Å²) in [5.74, 6) is 0. The van der Waals surface area contributed by atoms with Crippen molar-refractivity contribution in [3.8, 4) is 39.1 Å². The maximum absolute atomic E-state index is 2.47. The van der Waals surface area contributed by atoms with Crippen molar-refractivity contribution >= 4 is 55.1 Å². The number of nitrogens with zero attached hydrogens (tertiary/aromatic N) is 1. The third kappa shape index (κ3) is 3.71. The van der Waals surface area contributed by atoms with Crippen LogP contribution in [-0.2, 0) is 0 Å². The summed E-state index contributed by atoms with van der Waals surface area (Å²) in [6.07, 6.45) is 0. The summed E-state index contributed by atoms with van der Waals surface area (Å²) in [5.41, 5.74) is 11.2. The van der Waals surface area contributed by atoms with E-state index < -0.39 is 0 Å². The fourth-order valence-corrected chi connectivity index (χ4v) is 8.71. The predicted octanol–water partition coefficient (Wildman–Crippen LogP) is 12.6. The van der Waals surface area contributed by atoms with Crippen LogP contribution >= 0.6 is 11.8 Å². The molecule has 1 nitrogen and oxygen atoms in total. The highest BCUT2D eigenvalue weighted by molar-refractivity contribution is 7.99. The van der Waals surface area contributed by atoms with Crippen molar-refractivity contribution < 1.29 is 0 Å². The summed E-state index contributed by atoms with van der Waals surface area (Å²) in [5, 5.41) is 7.70. The molecule has 46 heavy (non-hydrogen) atoms. The summed E-state index contributed by atoms with van der Waals surface area (Å²) >= 11 is 1.88. The molecule has 0 amide bonds. The van der Waals surface area contributed by atoms with Crippen LogP contribution in [0.25, 0.3) is 82.4 Å². The Hall–Kier alpha value is -5.57. The van der Waals surface area contributed by atoms with Gasteiger partial charge in [-0.05, 0) is 80.4 Å². The topological polar surface area (TPSA) is 4.93 Å². The average Bonchev–Trinajstić information content (AvgIpc) is 3.45. The van der Waals surface area contributed by atoms with E-state index in [-0.39, 0.29) is 0 Å². The highest BCUT2D eigenvalue weighted by Crippen LogP contribution is 2.51. The Kier molecular flexibility index (Phi) is 5.58. The largest absolute Gasteiger partial charge is 0.309 e. The van der Waals surface area contributed by atoms with E-state index in [0.29, 0.717) is 0 Å². The number of aromatic nitrogens is 1. The lowest BCUT2D eigenvalue weighted by Crippen LogP contribution is -1.97. The van der Waals surface area contributed by atoms with Crippen molar-refractivity contribution in [1.82, 2.24) is 4.57 Å². The highest BCUT2D eigenvalue weighted by Gasteiger charge is 2.23. The smallest absolute Gasteiger partial charge is 0.0619 e. The van der Waals surface area contributed by atoms with Crippen LogP contribution in [0, 0.1) is 0 Å². The third-order valence-electron chi connectivity index (χ3n) is 9.58. The van der Waals surface area contributed by atoms with Crippen LogP contribution in [0.1, 0.15) is 0 Å². The quantitative estimate of drug-likeness (QED) is 0.195. The molecule has 0 aliphatic carbocycles. The molecular weight excluding hydrogens is 575 g/mol. The van der Waals surface area contributed by atoms with Gasteiger partial charge in [-0.2, -0.15) is 0 Å². The Morgan fingerprint density at radius 1 is 0.370 bits per heavy atom. The minimum absolute atomic E-state index is 1.17. The zero-order valence-electron chi connectivity index (χ0n) is 24.9. The van der Waals surface area contributed by atoms with E-state index in [9.17, 15) is 0 Å². The highest BCUT2D eigenvalue weighted by atomic mass is 32.2. The zero-order valence-corrected chi connectivity index (χ0v) is 25.8. The van der Waals surface area contributed by atoms with Gasteiger partial charge in [-0.3, -0.25) is 0 Å². The van der Waals surface area contributed by atoms with Crippen LogP contribution in [0.3, 0.4) is 0 Å². The molecular formula is C44H27NS. The summed E-state index contributed by atoms with van der Waals surface area (Å²) < 4.78 is 2.47. The fraction of sp³-hybridized carbons (Fsp3) is 0. The summed E-state index contributed by atoms with van der Waals surface area (Å²) in [6.45, 7) is 0. The Morgan fingerprint density at radius 2 is 1.00 bits per heavy atom.